The molecule has 0 aliphatic carbocycles. The minimum absolute atomic E-state index is 0. The van der Waals surface area contributed by atoms with E-state index in [4.69, 9.17) is 4.74 Å². The Bertz CT molecular complexity index is 994. The molecule has 1 N–H and O–H groups in total. The van der Waals surface area contributed by atoms with Gasteiger partial charge < -0.3 is 9.30 Å². The van der Waals surface area contributed by atoms with Crippen LogP contribution in [-0.4, -0.2) is 31.8 Å². The monoisotopic (exact) mass is 357 g/mol. The van der Waals surface area contributed by atoms with Crippen LogP contribution < -0.4 is 4.74 Å². The van der Waals surface area contributed by atoms with E-state index in [1.165, 1.54) is 21.8 Å². The quantitative estimate of drug-likeness (QED) is 0.591. The Morgan fingerprint density at radius 2 is 2.04 bits per heavy atom. The molecule has 7 heteroatoms. The predicted molar refractivity (Wildman–Crippen MR) is 100 cm³/mol. The second-order valence-electron chi connectivity index (χ2n) is 5.86. The topological polar surface area (TPSA) is 68.6 Å². The van der Waals surface area contributed by atoms with Gasteiger partial charge in [0.05, 0.1) is 23.8 Å². The highest BCUT2D eigenvalue weighted by atomic mass is 35.5. The molecule has 1 aromatic carbocycles. The highest BCUT2D eigenvalue weighted by Gasteiger charge is 2.13. The summed E-state index contributed by atoms with van der Waals surface area (Å²) in [6, 6.07) is 8.33. The molecule has 0 amide bonds. The molecule has 0 atom stereocenters. The Balaban J connectivity index is 0.00000182. The SMILES string of the molecule is COc1ccc2c3ccnc(C)c3n(CCCc3ncn[nH]3)c2c1.Cl. The molecule has 0 bridgehead atoms. The summed E-state index contributed by atoms with van der Waals surface area (Å²) >= 11 is 0. The van der Waals surface area contributed by atoms with Gasteiger partial charge in [-0.15, -0.1) is 12.4 Å². The Hall–Kier alpha value is -2.60. The van der Waals surface area contributed by atoms with Crippen LogP contribution in [0.2, 0.25) is 0 Å². The molecule has 0 fully saturated rings. The van der Waals surface area contributed by atoms with Crippen molar-refractivity contribution in [1.82, 2.24) is 24.7 Å². The Kier molecular flexibility index (Phi) is 4.90. The van der Waals surface area contributed by atoms with E-state index in [0.717, 1.165) is 36.7 Å². The van der Waals surface area contributed by atoms with Gasteiger partial charge in [-0.25, -0.2) is 4.98 Å². The number of nitrogens with one attached hydrogen (secondary N) is 1. The van der Waals surface area contributed by atoms with Crippen molar-refractivity contribution in [3.8, 4) is 5.75 Å². The van der Waals surface area contributed by atoms with Crippen molar-refractivity contribution in [3.05, 3.63) is 48.3 Å². The first-order chi connectivity index (χ1) is 11.8. The van der Waals surface area contributed by atoms with Crippen molar-refractivity contribution >= 4 is 34.2 Å². The number of fused-ring (bicyclic) bond motifs is 3. The Morgan fingerprint density at radius 3 is 2.80 bits per heavy atom. The average Bonchev–Trinajstić information content (AvgIpc) is 3.22. The van der Waals surface area contributed by atoms with E-state index >= 15 is 0 Å². The van der Waals surface area contributed by atoms with Crippen LogP contribution in [0, 0.1) is 6.92 Å². The van der Waals surface area contributed by atoms with Gasteiger partial charge in [0, 0.05) is 36.0 Å². The van der Waals surface area contributed by atoms with E-state index in [1.54, 1.807) is 13.4 Å². The van der Waals surface area contributed by atoms with Crippen LogP contribution in [0.1, 0.15) is 17.9 Å². The Morgan fingerprint density at radius 1 is 1.16 bits per heavy atom. The second kappa shape index (κ2) is 7.11. The lowest BCUT2D eigenvalue weighted by Crippen LogP contribution is -2.02. The van der Waals surface area contributed by atoms with Gasteiger partial charge in [0.2, 0.25) is 0 Å². The van der Waals surface area contributed by atoms with Gasteiger partial charge in [0.25, 0.3) is 0 Å². The van der Waals surface area contributed by atoms with Gasteiger partial charge in [-0.1, -0.05) is 0 Å². The average molecular weight is 358 g/mol. The van der Waals surface area contributed by atoms with E-state index in [9.17, 15) is 0 Å². The summed E-state index contributed by atoms with van der Waals surface area (Å²) in [5.74, 6) is 1.79. The third kappa shape index (κ3) is 3.05. The molecule has 0 radical (unpaired) electrons. The second-order valence-corrected chi connectivity index (χ2v) is 5.86. The first-order valence-electron chi connectivity index (χ1n) is 8.03. The molecule has 0 aliphatic heterocycles. The number of benzene rings is 1. The standard InChI is InChI=1S/C18H19N5O.ClH/c1-12-18-15(7-8-19-12)14-6-5-13(24-2)10-16(14)23(18)9-3-4-17-20-11-21-22-17;/h5-8,10-11H,3-4,9H2,1-2H3,(H,20,21,22);1H. The van der Waals surface area contributed by atoms with Crippen molar-refractivity contribution in [2.75, 3.05) is 7.11 Å². The van der Waals surface area contributed by atoms with Crippen LogP contribution in [0.15, 0.2) is 36.8 Å². The van der Waals surface area contributed by atoms with Crippen molar-refractivity contribution in [3.63, 3.8) is 0 Å². The first-order valence-corrected chi connectivity index (χ1v) is 8.03. The smallest absolute Gasteiger partial charge is 0.137 e. The summed E-state index contributed by atoms with van der Waals surface area (Å²) in [6.07, 6.45) is 5.26. The number of aromatic nitrogens is 5. The highest BCUT2D eigenvalue weighted by Crippen LogP contribution is 2.32. The van der Waals surface area contributed by atoms with Gasteiger partial charge >= 0.3 is 0 Å². The molecule has 0 aliphatic rings. The fourth-order valence-corrected chi connectivity index (χ4v) is 3.31. The number of methoxy groups -OCH3 is 1. The molecule has 4 aromatic rings. The zero-order valence-corrected chi connectivity index (χ0v) is 15.0. The van der Waals surface area contributed by atoms with Crippen molar-refractivity contribution in [1.29, 1.82) is 0 Å². The van der Waals surface area contributed by atoms with Crippen LogP contribution in [0.5, 0.6) is 5.75 Å². The summed E-state index contributed by atoms with van der Waals surface area (Å²) in [4.78, 5) is 8.68. The Labute approximate surface area is 151 Å². The van der Waals surface area contributed by atoms with Crippen LogP contribution in [0.3, 0.4) is 0 Å². The van der Waals surface area contributed by atoms with E-state index in [1.807, 2.05) is 12.3 Å². The number of halogens is 1. The third-order valence-corrected chi connectivity index (χ3v) is 4.42. The number of ether oxygens (including phenoxy) is 1. The maximum absolute atomic E-state index is 5.41. The predicted octanol–water partition coefficient (Wildman–Crippen LogP) is 3.68. The summed E-state index contributed by atoms with van der Waals surface area (Å²) in [5.41, 5.74) is 3.42. The van der Waals surface area contributed by atoms with Crippen LogP contribution in [0.25, 0.3) is 21.8 Å². The van der Waals surface area contributed by atoms with Crippen molar-refractivity contribution in [2.45, 2.75) is 26.3 Å². The minimum atomic E-state index is 0. The zero-order chi connectivity index (χ0) is 16.5. The van der Waals surface area contributed by atoms with E-state index < -0.39 is 0 Å². The normalized spacial score (nSPS) is 11.0. The molecule has 130 valence electrons. The lowest BCUT2D eigenvalue weighted by molar-refractivity contribution is 0.415. The maximum Gasteiger partial charge on any atom is 0.137 e. The van der Waals surface area contributed by atoms with Gasteiger partial charge in [-0.05, 0) is 31.5 Å². The summed E-state index contributed by atoms with van der Waals surface area (Å²) in [5, 5.41) is 9.29. The fourth-order valence-electron chi connectivity index (χ4n) is 3.31. The number of aromatic amines is 1. The van der Waals surface area contributed by atoms with Crippen LogP contribution in [-0.2, 0) is 13.0 Å². The largest absolute Gasteiger partial charge is 0.497 e. The number of aryl methyl sites for hydroxylation is 3. The van der Waals surface area contributed by atoms with E-state index in [0.29, 0.717) is 0 Å². The molecule has 6 nitrogen and oxygen atoms in total. The van der Waals surface area contributed by atoms with Gasteiger partial charge in [-0.3, -0.25) is 10.1 Å². The summed E-state index contributed by atoms with van der Waals surface area (Å²) in [7, 11) is 1.70. The molecular weight excluding hydrogens is 338 g/mol. The molecule has 3 aromatic heterocycles. The third-order valence-electron chi connectivity index (χ3n) is 4.42. The van der Waals surface area contributed by atoms with Gasteiger partial charge in [-0.2, -0.15) is 5.10 Å². The van der Waals surface area contributed by atoms with E-state index in [-0.39, 0.29) is 12.4 Å². The number of hydrogen-bond acceptors (Lipinski definition) is 4. The highest BCUT2D eigenvalue weighted by molar-refractivity contribution is 6.09. The van der Waals surface area contributed by atoms with Crippen LogP contribution in [0.4, 0.5) is 0 Å². The molecule has 0 saturated heterocycles. The maximum atomic E-state index is 5.41. The number of pyridine rings is 1. The number of H-pyrrole nitrogens is 1. The minimum Gasteiger partial charge on any atom is -0.497 e. The molecule has 0 spiro atoms. The fraction of sp³-hybridized carbons (Fsp3) is 0.278. The molecule has 0 saturated carbocycles. The van der Waals surface area contributed by atoms with Gasteiger partial charge in [0.15, 0.2) is 0 Å². The lowest BCUT2D eigenvalue weighted by Gasteiger charge is -2.09. The summed E-state index contributed by atoms with van der Waals surface area (Å²) in [6.45, 7) is 2.95. The molecule has 0 unspecified atom stereocenters. The zero-order valence-electron chi connectivity index (χ0n) is 14.2. The van der Waals surface area contributed by atoms with E-state index in [2.05, 4.69) is 49.9 Å². The number of rotatable bonds is 5. The lowest BCUT2D eigenvalue weighted by atomic mass is 10.1. The first kappa shape index (κ1) is 17.2. The number of hydrogen-bond donors (Lipinski definition) is 1. The molecule has 3 heterocycles. The van der Waals surface area contributed by atoms with Crippen molar-refractivity contribution in [2.24, 2.45) is 0 Å². The van der Waals surface area contributed by atoms with Crippen molar-refractivity contribution < 1.29 is 4.74 Å². The molecule has 25 heavy (non-hydrogen) atoms. The van der Waals surface area contributed by atoms with Gasteiger partial charge in [0.1, 0.15) is 17.9 Å². The number of nitrogens with zero attached hydrogens (tertiary/aromatic N) is 4. The summed E-state index contributed by atoms with van der Waals surface area (Å²) < 4.78 is 7.75. The molecule has 4 rings (SSSR count). The molecular formula is C18H20ClN5O. The van der Waals surface area contributed by atoms with Crippen LogP contribution >= 0.6 is 12.4 Å².